The Bertz CT molecular complexity index is 533. The molecule has 104 valence electrons. The normalized spacial score (nSPS) is 20.6. The Morgan fingerprint density at radius 3 is 2.60 bits per heavy atom. The van der Waals surface area contributed by atoms with Crippen molar-refractivity contribution in [1.29, 1.82) is 0 Å². The van der Waals surface area contributed by atoms with Crippen LogP contribution < -0.4 is 5.32 Å². The van der Waals surface area contributed by atoms with Crippen molar-refractivity contribution in [3.8, 4) is 11.1 Å². The van der Waals surface area contributed by atoms with Crippen molar-refractivity contribution in [2.24, 2.45) is 0 Å². The molecule has 1 aromatic heterocycles. The quantitative estimate of drug-likeness (QED) is 0.899. The molecule has 1 aliphatic heterocycles. The maximum absolute atomic E-state index is 10.4. The van der Waals surface area contributed by atoms with Crippen LogP contribution in [0.2, 0.25) is 0 Å². The second kappa shape index (κ2) is 6.16. The van der Waals surface area contributed by atoms with Crippen LogP contribution >= 0.6 is 0 Å². The van der Waals surface area contributed by atoms with Gasteiger partial charge in [-0.2, -0.15) is 0 Å². The van der Waals surface area contributed by atoms with Crippen LogP contribution in [0.25, 0.3) is 11.1 Å². The van der Waals surface area contributed by atoms with Crippen molar-refractivity contribution >= 4 is 0 Å². The summed E-state index contributed by atoms with van der Waals surface area (Å²) in [5, 5.41) is 13.8. The van der Waals surface area contributed by atoms with Gasteiger partial charge in [0.1, 0.15) is 0 Å². The highest BCUT2D eigenvalue weighted by Crippen LogP contribution is 2.25. The standard InChI is InChI=1S/C17H20N2O/c20-17(16-5-1-2-11-19-16)14-8-6-13(7-9-14)15-4-3-10-18-12-15/h3-4,6-10,12,16-17,19-20H,1-2,5,11H2/t16-,17-/m0/s1. The molecular formula is C17H20N2O. The topological polar surface area (TPSA) is 45.2 Å². The van der Waals surface area contributed by atoms with E-state index in [-0.39, 0.29) is 6.04 Å². The number of hydrogen-bond acceptors (Lipinski definition) is 3. The van der Waals surface area contributed by atoms with Gasteiger partial charge in [-0.15, -0.1) is 0 Å². The second-order valence-corrected chi connectivity index (χ2v) is 5.36. The molecule has 0 amide bonds. The molecule has 3 nitrogen and oxygen atoms in total. The van der Waals surface area contributed by atoms with Gasteiger partial charge in [-0.05, 0) is 42.1 Å². The molecule has 2 atom stereocenters. The van der Waals surface area contributed by atoms with Gasteiger partial charge in [0, 0.05) is 18.4 Å². The number of aromatic nitrogens is 1. The van der Waals surface area contributed by atoms with Crippen LogP contribution in [0.5, 0.6) is 0 Å². The Morgan fingerprint density at radius 2 is 1.95 bits per heavy atom. The molecule has 0 radical (unpaired) electrons. The molecule has 0 spiro atoms. The van der Waals surface area contributed by atoms with E-state index in [9.17, 15) is 5.11 Å². The third kappa shape index (κ3) is 2.89. The SMILES string of the molecule is O[C@@H](c1ccc(-c2cccnc2)cc1)[C@@H]1CCCCN1. The van der Waals surface area contributed by atoms with Crippen LogP contribution in [0.15, 0.2) is 48.8 Å². The fourth-order valence-electron chi connectivity index (χ4n) is 2.79. The summed E-state index contributed by atoms with van der Waals surface area (Å²) in [4.78, 5) is 4.13. The summed E-state index contributed by atoms with van der Waals surface area (Å²) in [6.45, 7) is 1.01. The van der Waals surface area contributed by atoms with Crippen molar-refractivity contribution < 1.29 is 5.11 Å². The van der Waals surface area contributed by atoms with Gasteiger partial charge in [0.2, 0.25) is 0 Å². The van der Waals surface area contributed by atoms with E-state index in [1.807, 2.05) is 30.5 Å². The van der Waals surface area contributed by atoms with Crippen molar-refractivity contribution in [1.82, 2.24) is 10.3 Å². The third-order valence-corrected chi connectivity index (χ3v) is 3.98. The van der Waals surface area contributed by atoms with E-state index in [1.54, 1.807) is 6.20 Å². The highest BCUT2D eigenvalue weighted by Gasteiger charge is 2.22. The average Bonchev–Trinajstić information content (AvgIpc) is 2.56. The molecular weight excluding hydrogens is 248 g/mol. The van der Waals surface area contributed by atoms with E-state index in [0.29, 0.717) is 0 Å². The lowest BCUT2D eigenvalue weighted by atomic mass is 9.94. The number of aliphatic hydroxyl groups is 1. The lowest BCUT2D eigenvalue weighted by Crippen LogP contribution is -2.38. The van der Waals surface area contributed by atoms with E-state index >= 15 is 0 Å². The van der Waals surface area contributed by atoms with Crippen LogP contribution in [-0.4, -0.2) is 22.7 Å². The smallest absolute Gasteiger partial charge is 0.0942 e. The van der Waals surface area contributed by atoms with Crippen LogP contribution in [0, 0.1) is 0 Å². The Kier molecular flexibility index (Phi) is 4.09. The average molecular weight is 268 g/mol. The van der Waals surface area contributed by atoms with E-state index in [1.165, 1.54) is 12.8 Å². The van der Waals surface area contributed by atoms with Crippen LogP contribution in [0.4, 0.5) is 0 Å². The molecule has 1 aromatic carbocycles. The Labute approximate surface area is 119 Å². The highest BCUT2D eigenvalue weighted by molar-refractivity contribution is 5.62. The minimum Gasteiger partial charge on any atom is -0.387 e. The largest absolute Gasteiger partial charge is 0.387 e. The predicted molar refractivity (Wildman–Crippen MR) is 80.3 cm³/mol. The molecule has 0 saturated carbocycles. The molecule has 0 bridgehead atoms. The molecule has 0 aliphatic carbocycles. The van der Waals surface area contributed by atoms with Gasteiger partial charge in [-0.25, -0.2) is 0 Å². The lowest BCUT2D eigenvalue weighted by Gasteiger charge is -2.28. The van der Waals surface area contributed by atoms with Crippen LogP contribution in [0.1, 0.15) is 30.9 Å². The van der Waals surface area contributed by atoms with Crippen molar-refractivity contribution in [3.63, 3.8) is 0 Å². The van der Waals surface area contributed by atoms with Gasteiger partial charge >= 0.3 is 0 Å². The maximum Gasteiger partial charge on any atom is 0.0942 e. The zero-order valence-electron chi connectivity index (χ0n) is 11.5. The van der Waals surface area contributed by atoms with Crippen molar-refractivity contribution in [3.05, 3.63) is 54.4 Å². The molecule has 0 unspecified atom stereocenters. The lowest BCUT2D eigenvalue weighted by molar-refractivity contribution is 0.114. The van der Waals surface area contributed by atoms with E-state index < -0.39 is 6.10 Å². The minimum absolute atomic E-state index is 0.188. The highest BCUT2D eigenvalue weighted by atomic mass is 16.3. The molecule has 3 rings (SSSR count). The van der Waals surface area contributed by atoms with Gasteiger partial charge in [0.25, 0.3) is 0 Å². The summed E-state index contributed by atoms with van der Waals surface area (Å²) in [5.74, 6) is 0. The fourth-order valence-corrected chi connectivity index (χ4v) is 2.79. The number of nitrogens with zero attached hydrogens (tertiary/aromatic N) is 1. The minimum atomic E-state index is -0.418. The number of rotatable bonds is 3. The van der Waals surface area contributed by atoms with Crippen LogP contribution in [0.3, 0.4) is 0 Å². The van der Waals surface area contributed by atoms with E-state index in [2.05, 4.69) is 22.4 Å². The number of aliphatic hydroxyl groups excluding tert-OH is 1. The molecule has 1 fully saturated rings. The Balaban J connectivity index is 1.75. The number of nitrogens with one attached hydrogen (secondary N) is 1. The summed E-state index contributed by atoms with van der Waals surface area (Å²) >= 11 is 0. The molecule has 2 N–H and O–H groups in total. The Morgan fingerprint density at radius 1 is 1.10 bits per heavy atom. The van der Waals surface area contributed by atoms with Gasteiger partial charge in [-0.3, -0.25) is 4.98 Å². The first-order chi connectivity index (χ1) is 9.84. The fraction of sp³-hybridized carbons (Fsp3) is 0.353. The monoisotopic (exact) mass is 268 g/mol. The second-order valence-electron chi connectivity index (χ2n) is 5.36. The van der Waals surface area contributed by atoms with Gasteiger partial charge in [0.05, 0.1) is 6.10 Å². The number of hydrogen-bond donors (Lipinski definition) is 2. The van der Waals surface area contributed by atoms with E-state index in [0.717, 1.165) is 29.7 Å². The first-order valence-corrected chi connectivity index (χ1v) is 7.26. The van der Waals surface area contributed by atoms with Gasteiger partial charge in [0.15, 0.2) is 0 Å². The van der Waals surface area contributed by atoms with Gasteiger partial charge < -0.3 is 10.4 Å². The van der Waals surface area contributed by atoms with Crippen molar-refractivity contribution in [2.45, 2.75) is 31.4 Å². The summed E-state index contributed by atoms with van der Waals surface area (Å²) in [6, 6.07) is 12.3. The zero-order valence-corrected chi connectivity index (χ0v) is 11.5. The van der Waals surface area contributed by atoms with Crippen LogP contribution in [-0.2, 0) is 0 Å². The third-order valence-electron chi connectivity index (χ3n) is 3.98. The molecule has 2 aromatic rings. The number of benzene rings is 1. The Hall–Kier alpha value is -1.71. The van der Waals surface area contributed by atoms with E-state index in [4.69, 9.17) is 0 Å². The first-order valence-electron chi connectivity index (χ1n) is 7.26. The predicted octanol–water partition coefficient (Wildman–Crippen LogP) is 2.92. The summed E-state index contributed by atoms with van der Waals surface area (Å²) in [6.07, 6.45) is 6.67. The zero-order chi connectivity index (χ0) is 13.8. The summed E-state index contributed by atoms with van der Waals surface area (Å²) < 4.78 is 0. The maximum atomic E-state index is 10.4. The number of piperidine rings is 1. The first kappa shape index (κ1) is 13.3. The molecule has 1 saturated heterocycles. The molecule has 3 heteroatoms. The summed E-state index contributed by atoms with van der Waals surface area (Å²) in [5.41, 5.74) is 3.21. The molecule has 2 heterocycles. The van der Waals surface area contributed by atoms with Crippen molar-refractivity contribution in [2.75, 3.05) is 6.54 Å². The molecule has 20 heavy (non-hydrogen) atoms. The molecule has 1 aliphatic rings. The van der Waals surface area contributed by atoms with Gasteiger partial charge in [-0.1, -0.05) is 36.8 Å². The summed E-state index contributed by atoms with van der Waals surface area (Å²) in [7, 11) is 0. The number of pyridine rings is 1.